The van der Waals surface area contributed by atoms with Gasteiger partial charge >= 0.3 is 24.0 Å². The smallest absolute Gasteiger partial charge is 0.477 e. The van der Waals surface area contributed by atoms with E-state index < -0.39 is 41.6 Å². The number of rotatable bonds is 8. The van der Waals surface area contributed by atoms with Crippen molar-refractivity contribution in [2.45, 2.75) is 70.5 Å². The topological polar surface area (TPSA) is 99.1 Å². The molecule has 30 heavy (non-hydrogen) atoms. The van der Waals surface area contributed by atoms with E-state index in [9.17, 15) is 23.2 Å². The van der Waals surface area contributed by atoms with Gasteiger partial charge in [-0.25, -0.2) is 14.4 Å². The first-order chi connectivity index (χ1) is 14.0. The van der Waals surface area contributed by atoms with Gasteiger partial charge in [-0.05, 0) is 62.3 Å². The van der Waals surface area contributed by atoms with Crippen molar-refractivity contribution in [3.63, 3.8) is 0 Å². The standard InChI is InChI=1S/C21H26F2O7/c1-4-20(11-5-6-12-20)30-19(27)28-15-9-7-14(8-10-15)17(24)29-16(13(2)3)21(22,23)18(25)26/h7-10,13,16H,4-6,11-12H2,1-3H3,(H,25,26). The number of hydrogen-bond donors (Lipinski definition) is 1. The number of ether oxygens (including phenoxy) is 3. The predicted molar refractivity (Wildman–Crippen MR) is 102 cm³/mol. The molecule has 0 aromatic heterocycles. The molecule has 9 heteroatoms. The van der Waals surface area contributed by atoms with Crippen molar-refractivity contribution in [1.82, 2.24) is 0 Å². The number of carboxylic acid groups (broad SMARTS) is 1. The van der Waals surface area contributed by atoms with E-state index in [2.05, 4.69) is 0 Å². The fraction of sp³-hybridized carbons (Fsp3) is 0.571. The summed E-state index contributed by atoms with van der Waals surface area (Å²) in [5.41, 5.74) is -0.606. The van der Waals surface area contributed by atoms with Crippen molar-refractivity contribution >= 4 is 18.1 Å². The van der Waals surface area contributed by atoms with E-state index in [1.54, 1.807) is 0 Å². The summed E-state index contributed by atoms with van der Waals surface area (Å²) < 4.78 is 43.0. The van der Waals surface area contributed by atoms with Crippen LogP contribution in [0.1, 0.15) is 63.2 Å². The molecule has 1 fully saturated rings. The number of alkyl halides is 2. The monoisotopic (exact) mass is 428 g/mol. The van der Waals surface area contributed by atoms with Gasteiger partial charge in [0, 0.05) is 0 Å². The lowest BCUT2D eigenvalue weighted by atomic mass is 9.99. The molecule has 0 spiro atoms. The van der Waals surface area contributed by atoms with Crippen molar-refractivity contribution in [2.24, 2.45) is 5.92 Å². The molecule has 1 aliphatic rings. The van der Waals surface area contributed by atoms with Gasteiger partial charge in [0.05, 0.1) is 5.56 Å². The van der Waals surface area contributed by atoms with Crippen molar-refractivity contribution in [2.75, 3.05) is 0 Å². The highest BCUT2D eigenvalue weighted by Gasteiger charge is 2.51. The van der Waals surface area contributed by atoms with E-state index in [0.717, 1.165) is 25.7 Å². The zero-order valence-electron chi connectivity index (χ0n) is 17.2. The Balaban J connectivity index is 2.01. The third kappa shape index (κ3) is 5.46. The van der Waals surface area contributed by atoms with Crippen molar-refractivity contribution in [1.29, 1.82) is 0 Å². The molecule has 0 radical (unpaired) electrons. The van der Waals surface area contributed by atoms with Crippen LogP contribution in [-0.4, -0.2) is 40.8 Å². The second-order valence-corrected chi connectivity index (χ2v) is 7.72. The van der Waals surface area contributed by atoms with Crippen molar-refractivity contribution in [3.05, 3.63) is 29.8 Å². The maximum Gasteiger partial charge on any atom is 0.514 e. The summed E-state index contributed by atoms with van der Waals surface area (Å²) in [6.45, 7) is 4.59. The molecule has 0 heterocycles. The van der Waals surface area contributed by atoms with Crippen LogP contribution in [0.5, 0.6) is 5.75 Å². The van der Waals surface area contributed by atoms with Crippen molar-refractivity contribution < 1.29 is 42.5 Å². The van der Waals surface area contributed by atoms with Gasteiger partial charge in [0.25, 0.3) is 0 Å². The van der Waals surface area contributed by atoms with Crippen molar-refractivity contribution in [3.8, 4) is 5.75 Å². The Morgan fingerprint density at radius 2 is 1.70 bits per heavy atom. The third-order valence-electron chi connectivity index (χ3n) is 5.23. The van der Waals surface area contributed by atoms with Crippen LogP contribution in [-0.2, 0) is 14.3 Å². The van der Waals surface area contributed by atoms with Crippen LogP contribution in [0.25, 0.3) is 0 Å². The van der Waals surface area contributed by atoms with Gasteiger partial charge in [0.2, 0.25) is 0 Å². The zero-order valence-corrected chi connectivity index (χ0v) is 17.2. The molecule has 0 bridgehead atoms. The molecule has 1 aromatic rings. The minimum absolute atomic E-state index is 0.0941. The second kappa shape index (κ2) is 9.40. The molecular formula is C21H26F2O7. The van der Waals surface area contributed by atoms with Crippen LogP contribution in [0.15, 0.2) is 24.3 Å². The van der Waals surface area contributed by atoms with Gasteiger partial charge in [-0.1, -0.05) is 20.8 Å². The van der Waals surface area contributed by atoms with Gasteiger partial charge in [-0.15, -0.1) is 0 Å². The molecule has 1 aromatic carbocycles. The molecule has 0 amide bonds. The SMILES string of the molecule is CCC1(OC(=O)Oc2ccc(C(=O)OC(C(C)C)C(F)(F)C(=O)O)cc2)CCCC1. The third-order valence-corrected chi connectivity index (χ3v) is 5.23. The van der Waals surface area contributed by atoms with E-state index in [4.69, 9.17) is 19.3 Å². The fourth-order valence-electron chi connectivity index (χ4n) is 3.43. The molecule has 1 aliphatic carbocycles. The molecule has 1 atom stereocenters. The molecule has 1 unspecified atom stereocenters. The first-order valence-corrected chi connectivity index (χ1v) is 9.84. The fourth-order valence-corrected chi connectivity index (χ4v) is 3.43. The minimum Gasteiger partial charge on any atom is -0.477 e. The quantitative estimate of drug-likeness (QED) is 0.468. The Morgan fingerprint density at radius 3 is 2.17 bits per heavy atom. The van der Waals surface area contributed by atoms with E-state index in [-0.39, 0.29) is 11.3 Å². The average Bonchev–Trinajstić information content (AvgIpc) is 3.14. The lowest BCUT2D eigenvalue weighted by Gasteiger charge is -2.27. The first-order valence-electron chi connectivity index (χ1n) is 9.84. The Hall–Kier alpha value is -2.71. The highest BCUT2D eigenvalue weighted by atomic mass is 19.3. The molecule has 1 N–H and O–H groups in total. The van der Waals surface area contributed by atoms with Gasteiger partial charge in [0.15, 0.2) is 6.10 Å². The van der Waals surface area contributed by atoms with Crippen LogP contribution in [0.4, 0.5) is 13.6 Å². The Morgan fingerprint density at radius 1 is 1.13 bits per heavy atom. The maximum atomic E-state index is 13.8. The van der Waals surface area contributed by atoms with Gasteiger partial charge < -0.3 is 19.3 Å². The summed E-state index contributed by atoms with van der Waals surface area (Å²) in [5.74, 6) is -8.54. The van der Waals surface area contributed by atoms with Crippen LogP contribution >= 0.6 is 0 Å². The number of halogens is 2. The number of aliphatic carboxylic acids is 1. The van der Waals surface area contributed by atoms with Gasteiger partial charge in [-0.3, -0.25) is 0 Å². The number of carbonyl (C=O) groups excluding carboxylic acids is 2. The van der Waals surface area contributed by atoms with Crippen LogP contribution < -0.4 is 4.74 Å². The molecule has 166 valence electrons. The van der Waals surface area contributed by atoms with E-state index in [1.165, 1.54) is 38.1 Å². The summed E-state index contributed by atoms with van der Waals surface area (Å²) in [6, 6.07) is 5.05. The van der Waals surface area contributed by atoms with E-state index >= 15 is 0 Å². The summed E-state index contributed by atoms with van der Waals surface area (Å²) in [4.78, 5) is 35.1. The van der Waals surface area contributed by atoms with E-state index in [1.807, 2.05) is 6.92 Å². The highest BCUT2D eigenvalue weighted by molar-refractivity contribution is 5.90. The van der Waals surface area contributed by atoms with E-state index in [0.29, 0.717) is 6.42 Å². The Kier molecular flexibility index (Phi) is 7.39. The first kappa shape index (κ1) is 23.6. The molecule has 0 aliphatic heterocycles. The molecule has 2 rings (SSSR count). The summed E-state index contributed by atoms with van der Waals surface area (Å²) in [7, 11) is 0. The maximum absolute atomic E-state index is 13.8. The summed E-state index contributed by atoms with van der Waals surface area (Å²) >= 11 is 0. The molecular weight excluding hydrogens is 402 g/mol. The molecule has 0 saturated heterocycles. The van der Waals surface area contributed by atoms with Crippen LogP contribution in [0.3, 0.4) is 0 Å². The Bertz CT molecular complexity index is 768. The molecule has 1 saturated carbocycles. The van der Waals surface area contributed by atoms with Crippen LogP contribution in [0.2, 0.25) is 0 Å². The molecule has 7 nitrogen and oxygen atoms in total. The average molecular weight is 428 g/mol. The highest BCUT2D eigenvalue weighted by Crippen LogP contribution is 2.36. The predicted octanol–water partition coefficient (Wildman–Crippen LogP) is 4.83. The minimum atomic E-state index is -4.23. The normalized spacial score (nSPS) is 16.7. The number of carboxylic acids is 1. The van der Waals surface area contributed by atoms with Gasteiger partial charge in [-0.2, -0.15) is 8.78 Å². The number of carbonyl (C=O) groups is 3. The van der Waals surface area contributed by atoms with Crippen LogP contribution in [0, 0.1) is 5.92 Å². The zero-order chi connectivity index (χ0) is 22.5. The number of hydrogen-bond acceptors (Lipinski definition) is 6. The summed E-state index contributed by atoms with van der Waals surface area (Å²) in [5, 5.41) is 8.70. The van der Waals surface area contributed by atoms with Gasteiger partial charge in [0.1, 0.15) is 11.4 Å². The lowest BCUT2D eigenvalue weighted by Crippen LogP contribution is -2.47. The number of esters is 1. The number of benzene rings is 1. The lowest BCUT2D eigenvalue weighted by molar-refractivity contribution is -0.187. The largest absolute Gasteiger partial charge is 0.514 e. The summed E-state index contributed by atoms with van der Waals surface area (Å²) in [6.07, 6.45) is 1.22. The second-order valence-electron chi connectivity index (χ2n) is 7.72. The Labute approximate surface area is 173 Å².